The van der Waals surface area contributed by atoms with Gasteiger partial charge in [0.25, 0.3) is 0 Å². The third kappa shape index (κ3) is 1.70. The predicted molar refractivity (Wildman–Crippen MR) is 73.8 cm³/mol. The fraction of sp³-hybridized carbons (Fsp3) is 0.600. The van der Waals surface area contributed by atoms with E-state index in [-0.39, 0.29) is 0 Å². The Kier molecular flexibility index (Phi) is 2.35. The smallest absolute Gasteiger partial charge is 0.0581 e. The van der Waals surface area contributed by atoms with Crippen molar-refractivity contribution in [2.24, 2.45) is 5.41 Å². The molecule has 17 heavy (non-hydrogen) atoms. The lowest BCUT2D eigenvalue weighted by atomic mass is 9.85. The Bertz CT molecular complexity index is 452. The van der Waals surface area contributed by atoms with Crippen LogP contribution < -0.4 is 10.6 Å². The fourth-order valence-electron chi connectivity index (χ4n) is 3.26. The Labute approximate surface area is 104 Å². The van der Waals surface area contributed by atoms with E-state index in [1.807, 2.05) is 0 Å². The van der Waals surface area contributed by atoms with Crippen molar-refractivity contribution in [2.45, 2.75) is 46.1 Å². The summed E-state index contributed by atoms with van der Waals surface area (Å²) in [6.45, 7) is 7.89. The molecule has 0 bridgehead atoms. The highest BCUT2D eigenvalue weighted by Crippen LogP contribution is 2.43. The van der Waals surface area contributed by atoms with E-state index in [1.54, 1.807) is 0 Å². The number of hydrogen-bond donors (Lipinski definition) is 2. The summed E-state index contributed by atoms with van der Waals surface area (Å²) in [7, 11) is 0. The number of rotatable bonds is 0. The first-order valence-electron chi connectivity index (χ1n) is 6.70. The summed E-state index contributed by atoms with van der Waals surface area (Å²) < 4.78 is 0. The normalized spacial score (nSPS) is 30.9. The first-order valence-corrected chi connectivity index (χ1v) is 6.70. The molecule has 1 aliphatic carbocycles. The highest BCUT2D eigenvalue weighted by Gasteiger charge is 2.40. The molecule has 1 heterocycles. The molecule has 0 saturated heterocycles. The summed E-state index contributed by atoms with van der Waals surface area (Å²) in [6.07, 6.45) is 4.00. The van der Waals surface area contributed by atoms with Gasteiger partial charge in [0.1, 0.15) is 0 Å². The standard InChI is InChI=1S/C15H22N2/c1-10-7-12-13(8-11(10)2)17-14-5-4-6-15(14,3)9-16-12/h7-8,14,16-17H,4-6,9H2,1-3H3. The molecule has 0 aromatic heterocycles. The van der Waals surface area contributed by atoms with Crippen LogP contribution in [0.3, 0.4) is 0 Å². The molecule has 92 valence electrons. The molecule has 3 rings (SSSR count). The summed E-state index contributed by atoms with van der Waals surface area (Å²) in [6, 6.07) is 5.21. The van der Waals surface area contributed by atoms with Crippen molar-refractivity contribution in [1.82, 2.24) is 0 Å². The summed E-state index contributed by atoms with van der Waals surface area (Å²) in [5.74, 6) is 0. The predicted octanol–water partition coefficient (Wildman–Crippen LogP) is 3.70. The zero-order valence-corrected chi connectivity index (χ0v) is 11.1. The molecule has 1 aromatic carbocycles. The van der Waals surface area contributed by atoms with Crippen LogP contribution in [0.5, 0.6) is 0 Å². The molecule has 2 atom stereocenters. The molecule has 2 N–H and O–H groups in total. The second-order valence-electron chi connectivity index (χ2n) is 6.08. The molecule has 1 aliphatic heterocycles. The SMILES string of the molecule is Cc1cc2c(cc1C)NC1CCCC1(C)CN2. The minimum atomic E-state index is 0.417. The highest BCUT2D eigenvalue weighted by atomic mass is 15.0. The van der Waals surface area contributed by atoms with Gasteiger partial charge in [-0.3, -0.25) is 0 Å². The average Bonchev–Trinajstić information content (AvgIpc) is 2.58. The Morgan fingerprint density at radius 3 is 2.65 bits per heavy atom. The second-order valence-corrected chi connectivity index (χ2v) is 6.08. The van der Waals surface area contributed by atoms with Crippen molar-refractivity contribution in [3.63, 3.8) is 0 Å². The Morgan fingerprint density at radius 1 is 1.18 bits per heavy atom. The average molecular weight is 230 g/mol. The number of hydrogen-bond acceptors (Lipinski definition) is 2. The van der Waals surface area contributed by atoms with Gasteiger partial charge in [-0.1, -0.05) is 13.3 Å². The van der Waals surface area contributed by atoms with E-state index >= 15 is 0 Å². The minimum absolute atomic E-state index is 0.417. The van der Waals surface area contributed by atoms with Crippen molar-refractivity contribution in [3.05, 3.63) is 23.3 Å². The summed E-state index contributed by atoms with van der Waals surface area (Å²) >= 11 is 0. The molecule has 1 saturated carbocycles. The third-order valence-electron chi connectivity index (χ3n) is 4.73. The molecular weight excluding hydrogens is 208 g/mol. The van der Waals surface area contributed by atoms with Crippen LogP contribution in [0.2, 0.25) is 0 Å². The van der Waals surface area contributed by atoms with Crippen LogP contribution >= 0.6 is 0 Å². The number of nitrogens with one attached hydrogen (secondary N) is 2. The van der Waals surface area contributed by atoms with E-state index < -0.39 is 0 Å². The van der Waals surface area contributed by atoms with E-state index in [9.17, 15) is 0 Å². The Hall–Kier alpha value is -1.18. The van der Waals surface area contributed by atoms with E-state index in [2.05, 4.69) is 43.5 Å². The molecule has 0 amide bonds. The maximum atomic E-state index is 3.77. The van der Waals surface area contributed by atoms with Crippen molar-refractivity contribution < 1.29 is 0 Å². The lowest BCUT2D eigenvalue weighted by molar-refractivity contribution is 0.335. The van der Waals surface area contributed by atoms with E-state index in [1.165, 1.54) is 41.8 Å². The topological polar surface area (TPSA) is 24.1 Å². The van der Waals surface area contributed by atoms with E-state index in [0.29, 0.717) is 11.5 Å². The van der Waals surface area contributed by atoms with E-state index in [4.69, 9.17) is 0 Å². The van der Waals surface area contributed by atoms with Gasteiger partial charge in [-0.05, 0) is 49.9 Å². The largest absolute Gasteiger partial charge is 0.383 e. The van der Waals surface area contributed by atoms with Gasteiger partial charge in [0.05, 0.1) is 11.4 Å². The molecule has 2 aliphatic rings. The second kappa shape index (κ2) is 3.66. The van der Waals surface area contributed by atoms with Gasteiger partial charge in [0, 0.05) is 18.0 Å². The minimum Gasteiger partial charge on any atom is -0.383 e. The van der Waals surface area contributed by atoms with Gasteiger partial charge >= 0.3 is 0 Å². The van der Waals surface area contributed by atoms with Crippen LogP contribution in [0, 0.1) is 19.3 Å². The molecule has 0 spiro atoms. The number of fused-ring (bicyclic) bond motifs is 2. The Balaban J connectivity index is 2.00. The maximum Gasteiger partial charge on any atom is 0.0581 e. The molecule has 1 fully saturated rings. The molecular formula is C15H22N2. The monoisotopic (exact) mass is 230 g/mol. The number of anilines is 2. The van der Waals surface area contributed by atoms with Crippen LogP contribution in [0.1, 0.15) is 37.3 Å². The van der Waals surface area contributed by atoms with Crippen molar-refractivity contribution in [2.75, 3.05) is 17.2 Å². The van der Waals surface area contributed by atoms with Crippen LogP contribution in [0.15, 0.2) is 12.1 Å². The van der Waals surface area contributed by atoms with Crippen molar-refractivity contribution in [1.29, 1.82) is 0 Å². The maximum absolute atomic E-state index is 3.77. The molecule has 2 unspecified atom stereocenters. The lowest BCUT2D eigenvalue weighted by Crippen LogP contribution is -2.36. The van der Waals surface area contributed by atoms with Crippen molar-refractivity contribution >= 4 is 11.4 Å². The first kappa shape index (κ1) is 10.9. The summed E-state index contributed by atoms with van der Waals surface area (Å²) in [5.41, 5.74) is 5.74. The molecule has 2 heteroatoms. The fourth-order valence-corrected chi connectivity index (χ4v) is 3.26. The Morgan fingerprint density at radius 2 is 1.88 bits per heavy atom. The highest BCUT2D eigenvalue weighted by molar-refractivity contribution is 5.72. The molecule has 0 radical (unpaired) electrons. The summed E-state index contributed by atoms with van der Waals surface area (Å²) in [5, 5.41) is 7.41. The number of aryl methyl sites for hydroxylation is 2. The first-order chi connectivity index (χ1) is 8.08. The van der Waals surface area contributed by atoms with Gasteiger partial charge in [0.15, 0.2) is 0 Å². The van der Waals surface area contributed by atoms with E-state index in [0.717, 1.165) is 6.54 Å². The summed E-state index contributed by atoms with van der Waals surface area (Å²) in [4.78, 5) is 0. The van der Waals surface area contributed by atoms with Crippen LogP contribution in [-0.4, -0.2) is 12.6 Å². The van der Waals surface area contributed by atoms with Gasteiger partial charge in [-0.25, -0.2) is 0 Å². The van der Waals surface area contributed by atoms with Gasteiger partial charge < -0.3 is 10.6 Å². The van der Waals surface area contributed by atoms with Crippen LogP contribution in [-0.2, 0) is 0 Å². The quantitative estimate of drug-likeness (QED) is 0.710. The van der Waals surface area contributed by atoms with Gasteiger partial charge in [0.2, 0.25) is 0 Å². The van der Waals surface area contributed by atoms with Crippen molar-refractivity contribution in [3.8, 4) is 0 Å². The van der Waals surface area contributed by atoms with Gasteiger partial charge in [-0.2, -0.15) is 0 Å². The van der Waals surface area contributed by atoms with Crippen LogP contribution in [0.25, 0.3) is 0 Å². The zero-order valence-electron chi connectivity index (χ0n) is 11.1. The lowest BCUT2D eigenvalue weighted by Gasteiger charge is -2.30. The van der Waals surface area contributed by atoms with Gasteiger partial charge in [-0.15, -0.1) is 0 Å². The molecule has 1 aromatic rings. The third-order valence-corrected chi connectivity index (χ3v) is 4.73. The zero-order chi connectivity index (χ0) is 12.0. The number of benzene rings is 1. The van der Waals surface area contributed by atoms with Crippen LogP contribution in [0.4, 0.5) is 11.4 Å². The molecule has 2 nitrogen and oxygen atoms in total.